The fourth-order valence-corrected chi connectivity index (χ4v) is 1.85. The highest BCUT2D eigenvalue weighted by Gasteiger charge is 2.52. The lowest BCUT2D eigenvalue weighted by atomic mass is 9.82. The van der Waals surface area contributed by atoms with Gasteiger partial charge in [-0.2, -0.15) is 0 Å². The molecule has 2 heterocycles. The fraction of sp³-hybridized carbons (Fsp3) is 0.583. The molecule has 0 atom stereocenters. The molecule has 18 heavy (non-hydrogen) atoms. The number of nitrogens with zero attached hydrogens (tertiary/aromatic N) is 1. The molecule has 0 radical (unpaired) electrons. The number of pyridine rings is 1. The lowest BCUT2D eigenvalue weighted by molar-refractivity contribution is 0.00578. The number of anilines is 1. The van der Waals surface area contributed by atoms with Crippen LogP contribution in [-0.2, 0) is 15.9 Å². The smallest absolute Gasteiger partial charge is 0.398 e. The van der Waals surface area contributed by atoms with E-state index in [1.54, 1.807) is 6.20 Å². The maximum Gasteiger partial charge on any atom is 0.516 e. The molecular formula is C12H20BN3O2. The van der Waals surface area contributed by atoms with Crippen LogP contribution in [0.5, 0.6) is 0 Å². The predicted octanol–water partition coefficient (Wildman–Crippen LogP) is 0.422. The molecular weight excluding hydrogens is 229 g/mol. The predicted molar refractivity (Wildman–Crippen MR) is 72.3 cm³/mol. The van der Waals surface area contributed by atoms with E-state index in [2.05, 4.69) is 4.98 Å². The molecule has 1 aliphatic rings. The molecule has 0 aliphatic carbocycles. The standard InChI is InChI=1S/C12H20BN3O2/c1-11(2)12(3,4)18-13(17-11)10-9(15)8(7-14)5-6-16-10/h5-6H,7,14-15H2,1-4H3. The molecule has 1 aliphatic heterocycles. The molecule has 0 spiro atoms. The van der Waals surface area contributed by atoms with E-state index in [-0.39, 0.29) is 0 Å². The topological polar surface area (TPSA) is 83.4 Å². The van der Waals surface area contributed by atoms with Crippen molar-refractivity contribution in [2.45, 2.75) is 45.4 Å². The number of rotatable bonds is 2. The van der Waals surface area contributed by atoms with Gasteiger partial charge in [0, 0.05) is 12.7 Å². The van der Waals surface area contributed by atoms with Gasteiger partial charge in [0.25, 0.3) is 0 Å². The van der Waals surface area contributed by atoms with Crippen LogP contribution in [0.3, 0.4) is 0 Å². The van der Waals surface area contributed by atoms with Crippen molar-refractivity contribution in [3.05, 3.63) is 17.8 Å². The summed E-state index contributed by atoms with van der Waals surface area (Å²) in [5.41, 5.74) is 12.9. The van der Waals surface area contributed by atoms with Crippen LogP contribution in [0.1, 0.15) is 33.3 Å². The first-order valence-corrected chi connectivity index (χ1v) is 6.07. The summed E-state index contributed by atoms with van der Waals surface area (Å²) in [6, 6.07) is 1.81. The minimum atomic E-state index is -0.540. The van der Waals surface area contributed by atoms with Crippen LogP contribution in [0.25, 0.3) is 0 Å². The van der Waals surface area contributed by atoms with E-state index >= 15 is 0 Å². The van der Waals surface area contributed by atoms with Gasteiger partial charge in [-0.3, -0.25) is 4.98 Å². The summed E-state index contributed by atoms with van der Waals surface area (Å²) in [5.74, 6) is 0. The van der Waals surface area contributed by atoms with Crippen LogP contribution in [0.2, 0.25) is 0 Å². The highest BCUT2D eigenvalue weighted by Crippen LogP contribution is 2.36. The van der Waals surface area contributed by atoms with Crippen LogP contribution in [0.15, 0.2) is 12.3 Å². The average Bonchev–Trinajstić information content (AvgIpc) is 2.48. The zero-order valence-corrected chi connectivity index (χ0v) is 11.4. The summed E-state index contributed by atoms with van der Waals surface area (Å²) >= 11 is 0. The third-order valence-electron chi connectivity index (χ3n) is 3.81. The Morgan fingerprint density at radius 1 is 1.22 bits per heavy atom. The SMILES string of the molecule is CC1(C)OB(c2nccc(CN)c2N)OC1(C)C. The van der Waals surface area contributed by atoms with E-state index in [0.717, 1.165) is 5.56 Å². The second-order valence-corrected chi connectivity index (χ2v) is 5.56. The molecule has 1 aromatic heterocycles. The molecule has 4 N–H and O–H groups in total. The number of hydrogen-bond donors (Lipinski definition) is 2. The number of hydrogen-bond acceptors (Lipinski definition) is 5. The van der Waals surface area contributed by atoms with Crippen LogP contribution >= 0.6 is 0 Å². The minimum absolute atomic E-state index is 0.376. The Labute approximate surface area is 108 Å². The highest BCUT2D eigenvalue weighted by molar-refractivity contribution is 6.62. The fourth-order valence-electron chi connectivity index (χ4n) is 1.85. The normalized spacial score (nSPS) is 21.3. The Bertz CT molecular complexity index is 447. The Morgan fingerprint density at radius 2 is 1.78 bits per heavy atom. The monoisotopic (exact) mass is 249 g/mol. The van der Waals surface area contributed by atoms with Crippen molar-refractivity contribution in [2.24, 2.45) is 5.73 Å². The van der Waals surface area contributed by atoms with Crippen molar-refractivity contribution in [3.63, 3.8) is 0 Å². The Morgan fingerprint density at radius 3 is 2.28 bits per heavy atom. The molecule has 0 unspecified atom stereocenters. The molecule has 0 saturated carbocycles. The van der Waals surface area contributed by atoms with Crippen LogP contribution in [-0.4, -0.2) is 23.3 Å². The van der Waals surface area contributed by atoms with Gasteiger partial charge in [0.05, 0.1) is 22.5 Å². The van der Waals surface area contributed by atoms with Gasteiger partial charge in [-0.05, 0) is 39.3 Å². The van der Waals surface area contributed by atoms with Crippen molar-refractivity contribution < 1.29 is 9.31 Å². The second-order valence-electron chi connectivity index (χ2n) is 5.56. The molecule has 98 valence electrons. The van der Waals surface area contributed by atoms with E-state index < -0.39 is 18.3 Å². The third kappa shape index (κ3) is 2.00. The summed E-state index contributed by atoms with van der Waals surface area (Å²) in [5, 5.41) is 0. The van der Waals surface area contributed by atoms with E-state index in [9.17, 15) is 0 Å². The molecule has 0 aromatic carbocycles. The average molecular weight is 249 g/mol. The van der Waals surface area contributed by atoms with E-state index in [1.807, 2.05) is 33.8 Å². The van der Waals surface area contributed by atoms with E-state index in [4.69, 9.17) is 20.8 Å². The molecule has 0 amide bonds. The van der Waals surface area contributed by atoms with E-state index in [1.165, 1.54) is 0 Å². The lowest BCUT2D eigenvalue weighted by Crippen LogP contribution is -2.41. The van der Waals surface area contributed by atoms with Crippen LogP contribution in [0, 0.1) is 0 Å². The number of nitrogens with two attached hydrogens (primary N) is 2. The van der Waals surface area contributed by atoms with Gasteiger partial charge in [-0.1, -0.05) is 0 Å². The van der Waals surface area contributed by atoms with Crippen molar-refractivity contribution in [3.8, 4) is 0 Å². The number of nitrogen functional groups attached to an aromatic ring is 1. The molecule has 1 saturated heterocycles. The largest absolute Gasteiger partial charge is 0.516 e. The molecule has 2 rings (SSSR count). The van der Waals surface area contributed by atoms with Crippen molar-refractivity contribution in [1.82, 2.24) is 4.98 Å². The second kappa shape index (κ2) is 4.22. The first kappa shape index (κ1) is 13.3. The van der Waals surface area contributed by atoms with Gasteiger partial charge in [0.15, 0.2) is 0 Å². The molecule has 1 fully saturated rings. The summed E-state index contributed by atoms with van der Waals surface area (Å²) in [6.07, 6.45) is 1.68. The van der Waals surface area contributed by atoms with E-state index in [0.29, 0.717) is 17.8 Å². The first-order valence-electron chi connectivity index (χ1n) is 6.07. The summed E-state index contributed by atoms with van der Waals surface area (Å²) in [4.78, 5) is 4.27. The maximum absolute atomic E-state index is 6.05. The van der Waals surface area contributed by atoms with Gasteiger partial charge < -0.3 is 20.8 Å². The Hall–Kier alpha value is -1.11. The van der Waals surface area contributed by atoms with Gasteiger partial charge in [-0.25, -0.2) is 0 Å². The quantitative estimate of drug-likeness (QED) is 0.742. The highest BCUT2D eigenvalue weighted by atomic mass is 16.7. The van der Waals surface area contributed by atoms with Gasteiger partial charge in [0.1, 0.15) is 0 Å². The summed E-state index contributed by atoms with van der Waals surface area (Å²) in [7, 11) is -0.540. The molecule has 6 heteroatoms. The van der Waals surface area contributed by atoms with Gasteiger partial charge in [0.2, 0.25) is 0 Å². The minimum Gasteiger partial charge on any atom is -0.398 e. The zero-order valence-electron chi connectivity index (χ0n) is 11.4. The third-order valence-corrected chi connectivity index (χ3v) is 3.81. The summed E-state index contributed by atoms with van der Waals surface area (Å²) < 4.78 is 11.8. The Balaban J connectivity index is 2.35. The summed E-state index contributed by atoms with van der Waals surface area (Å²) in [6.45, 7) is 8.36. The number of aromatic nitrogens is 1. The Kier molecular flexibility index (Phi) is 3.13. The van der Waals surface area contributed by atoms with Crippen molar-refractivity contribution in [1.29, 1.82) is 0 Å². The molecule has 0 bridgehead atoms. The lowest BCUT2D eigenvalue weighted by Gasteiger charge is -2.32. The van der Waals surface area contributed by atoms with Crippen molar-refractivity contribution >= 4 is 18.4 Å². The van der Waals surface area contributed by atoms with Crippen LogP contribution < -0.4 is 17.1 Å². The zero-order chi connectivity index (χ0) is 13.6. The first-order chi connectivity index (χ1) is 8.28. The van der Waals surface area contributed by atoms with Gasteiger partial charge in [-0.15, -0.1) is 0 Å². The molecule has 5 nitrogen and oxygen atoms in total. The maximum atomic E-state index is 6.05. The van der Waals surface area contributed by atoms with Crippen molar-refractivity contribution in [2.75, 3.05) is 5.73 Å². The molecule has 1 aromatic rings. The van der Waals surface area contributed by atoms with Crippen LogP contribution in [0.4, 0.5) is 5.69 Å². The van der Waals surface area contributed by atoms with Gasteiger partial charge >= 0.3 is 7.12 Å².